The van der Waals surface area contributed by atoms with Crippen molar-refractivity contribution in [3.63, 3.8) is 0 Å². The summed E-state index contributed by atoms with van der Waals surface area (Å²) in [6.45, 7) is 0. The molecule has 0 fully saturated rings. The van der Waals surface area contributed by atoms with Crippen LogP contribution in [-0.2, 0) is 6.42 Å². The molecular weight excluding hydrogens is 205 g/mol. The van der Waals surface area contributed by atoms with Gasteiger partial charge in [0.1, 0.15) is 0 Å². The standard InChI is InChI=1S/C10H11Cl2N/c11-7-4-6-2-1-3-9(13)10(6)8(12)5-7/h4-5,9H,1-3,13H2/t9-/m1/s1. The van der Waals surface area contributed by atoms with Crippen molar-refractivity contribution in [3.8, 4) is 0 Å². The number of hydrogen-bond donors (Lipinski definition) is 1. The molecule has 1 atom stereocenters. The van der Waals surface area contributed by atoms with Gasteiger partial charge in [-0.2, -0.15) is 0 Å². The molecule has 0 saturated heterocycles. The first-order valence-electron chi connectivity index (χ1n) is 4.42. The predicted molar refractivity (Wildman–Crippen MR) is 56.3 cm³/mol. The Labute approximate surface area is 87.8 Å². The monoisotopic (exact) mass is 215 g/mol. The summed E-state index contributed by atoms with van der Waals surface area (Å²) < 4.78 is 0. The molecule has 70 valence electrons. The van der Waals surface area contributed by atoms with Crippen LogP contribution < -0.4 is 5.73 Å². The van der Waals surface area contributed by atoms with Crippen LogP contribution in [0, 0.1) is 0 Å². The molecule has 0 bridgehead atoms. The van der Waals surface area contributed by atoms with Gasteiger partial charge in [0.25, 0.3) is 0 Å². The lowest BCUT2D eigenvalue weighted by atomic mass is 9.88. The van der Waals surface area contributed by atoms with E-state index < -0.39 is 0 Å². The van der Waals surface area contributed by atoms with Crippen LogP contribution in [0.25, 0.3) is 0 Å². The number of benzene rings is 1. The minimum absolute atomic E-state index is 0.0912. The molecule has 0 spiro atoms. The lowest BCUT2D eigenvalue weighted by molar-refractivity contribution is 0.571. The van der Waals surface area contributed by atoms with Gasteiger partial charge >= 0.3 is 0 Å². The normalized spacial score (nSPS) is 21.3. The summed E-state index contributed by atoms with van der Waals surface area (Å²) in [4.78, 5) is 0. The van der Waals surface area contributed by atoms with Gasteiger partial charge in [-0.1, -0.05) is 23.2 Å². The Morgan fingerprint density at radius 2 is 2.08 bits per heavy atom. The number of halogens is 2. The zero-order valence-electron chi connectivity index (χ0n) is 7.19. The second-order valence-electron chi connectivity index (χ2n) is 3.46. The summed E-state index contributed by atoms with van der Waals surface area (Å²) in [6.07, 6.45) is 3.20. The number of hydrogen-bond acceptors (Lipinski definition) is 1. The first-order valence-corrected chi connectivity index (χ1v) is 5.17. The van der Waals surface area contributed by atoms with E-state index in [1.54, 1.807) is 6.07 Å². The van der Waals surface area contributed by atoms with E-state index >= 15 is 0 Å². The maximum absolute atomic E-state index is 6.08. The third-order valence-electron chi connectivity index (χ3n) is 2.51. The average molecular weight is 216 g/mol. The number of fused-ring (bicyclic) bond motifs is 1. The van der Waals surface area contributed by atoms with Gasteiger partial charge in [-0.3, -0.25) is 0 Å². The second kappa shape index (κ2) is 3.49. The van der Waals surface area contributed by atoms with E-state index in [1.165, 1.54) is 5.56 Å². The molecule has 0 heterocycles. The van der Waals surface area contributed by atoms with E-state index in [9.17, 15) is 0 Å². The van der Waals surface area contributed by atoms with Gasteiger partial charge in [0, 0.05) is 16.1 Å². The molecule has 1 aliphatic rings. The first kappa shape index (κ1) is 9.32. The largest absolute Gasteiger partial charge is 0.324 e. The highest BCUT2D eigenvalue weighted by Gasteiger charge is 2.19. The molecular formula is C10H11Cl2N. The Morgan fingerprint density at radius 1 is 1.31 bits per heavy atom. The molecule has 1 aromatic rings. The molecule has 0 saturated carbocycles. The Kier molecular flexibility index (Phi) is 2.50. The molecule has 2 N–H and O–H groups in total. The number of aryl methyl sites for hydroxylation is 1. The molecule has 13 heavy (non-hydrogen) atoms. The van der Waals surface area contributed by atoms with E-state index in [0.717, 1.165) is 29.8 Å². The van der Waals surface area contributed by atoms with Gasteiger partial charge in [0.2, 0.25) is 0 Å². The van der Waals surface area contributed by atoms with Crippen LogP contribution in [0.4, 0.5) is 0 Å². The Balaban J connectivity index is 2.56. The second-order valence-corrected chi connectivity index (χ2v) is 4.30. The van der Waals surface area contributed by atoms with Crippen LogP contribution in [0.5, 0.6) is 0 Å². The highest BCUT2D eigenvalue weighted by Crippen LogP contribution is 2.35. The van der Waals surface area contributed by atoms with E-state index in [0.29, 0.717) is 5.02 Å². The van der Waals surface area contributed by atoms with E-state index in [4.69, 9.17) is 28.9 Å². The molecule has 2 rings (SSSR count). The molecule has 1 aliphatic carbocycles. The number of rotatable bonds is 0. The fourth-order valence-corrected chi connectivity index (χ4v) is 2.59. The maximum atomic E-state index is 6.08. The van der Waals surface area contributed by atoms with Gasteiger partial charge in [0.05, 0.1) is 0 Å². The van der Waals surface area contributed by atoms with Gasteiger partial charge in [-0.05, 0) is 42.5 Å². The molecule has 0 amide bonds. The van der Waals surface area contributed by atoms with Crippen molar-refractivity contribution < 1.29 is 0 Å². The molecule has 0 aromatic heterocycles. The lowest BCUT2D eigenvalue weighted by Crippen LogP contribution is -2.17. The van der Waals surface area contributed by atoms with Crippen LogP contribution in [0.3, 0.4) is 0 Å². The van der Waals surface area contributed by atoms with E-state index in [2.05, 4.69) is 0 Å². The van der Waals surface area contributed by atoms with Crippen molar-refractivity contribution in [1.82, 2.24) is 0 Å². The SMILES string of the molecule is N[C@@H]1CCCc2cc(Cl)cc(Cl)c21. The van der Waals surface area contributed by atoms with Crippen molar-refractivity contribution >= 4 is 23.2 Å². The van der Waals surface area contributed by atoms with Crippen LogP contribution in [0.15, 0.2) is 12.1 Å². The van der Waals surface area contributed by atoms with Crippen LogP contribution in [0.2, 0.25) is 10.0 Å². The minimum Gasteiger partial charge on any atom is -0.324 e. The van der Waals surface area contributed by atoms with Crippen molar-refractivity contribution in [2.24, 2.45) is 5.73 Å². The molecule has 1 aromatic carbocycles. The summed E-state index contributed by atoms with van der Waals surface area (Å²) >= 11 is 12.0. The van der Waals surface area contributed by atoms with E-state index in [1.807, 2.05) is 6.07 Å². The molecule has 0 aliphatic heterocycles. The summed E-state index contributed by atoms with van der Waals surface area (Å²) in [7, 11) is 0. The zero-order valence-corrected chi connectivity index (χ0v) is 8.70. The van der Waals surface area contributed by atoms with Crippen molar-refractivity contribution in [3.05, 3.63) is 33.3 Å². The van der Waals surface area contributed by atoms with Crippen molar-refractivity contribution in [2.45, 2.75) is 25.3 Å². The third-order valence-corrected chi connectivity index (χ3v) is 3.04. The summed E-state index contributed by atoms with van der Waals surface area (Å²) in [5.41, 5.74) is 8.28. The molecule has 0 radical (unpaired) electrons. The topological polar surface area (TPSA) is 26.0 Å². The lowest BCUT2D eigenvalue weighted by Gasteiger charge is -2.23. The highest BCUT2D eigenvalue weighted by molar-refractivity contribution is 6.35. The van der Waals surface area contributed by atoms with Crippen molar-refractivity contribution in [1.29, 1.82) is 0 Å². The molecule has 1 nitrogen and oxygen atoms in total. The van der Waals surface area contributed by atoms with Crippen molar-refractivity contribution in [2.75, 3.05) is 0 Å². The fraction of sp³-hybridized carbons (Fsp3) is 0.400. The Morgan fingerprint density at radius 3 is 2.85 bits per heavy atom. The zero-order chi connectivity index (χ0) is 9.42. The summed E-state index contributed by atoms with van der Waals surface area (Å²) in [5, 5.41) is 1.42. The smallest absolute Gasteiger partial charge is 0.0471 e. The minimum atomic E-state index is 0.0912. The fourth-order valence-electron chi connectivity index (χ4n) is 1.92. The van der Waals surface area contributed by atoms with Crippen LogP contribution in [-0.4, -0.2) is 0 Å². The van der Waals surface area contributed by atoms with Gasteiger partial charge in [-0.15, -0.1) is 0 Å². The van der Waals surface area contributed by atoms with Gasteiger partial charge < -0.3 is 5.73 Å². The highest BCUT2D eigenvalue weighted by atomic mass is 35.5. The maximum Gasteiger partial charge on any atom is 0.0471 e. The summed E-state index contributed by atoms with van der Waals surface area (Å²) in [5.74, 6) is 0. The Hall–Kier alpha value is -0.240. The molecule has 0 unspecified atom stereocenters. The van der Waals surface area contributed by atoms with Gasteiger partial charge in [-0.25, -0.2) is 0 Å². The first-order chi connectivity index (χ1) is 6.18. The predicted octanol–water partition coefficient (Wildman–Crippen LogP) is 3.33. The van der Waals surface area contributed by atoms with Crippen LogP contribution in [0.1, 0.15) is 30.0 Å². The molecule has 3 heteroatoms. The Bertz CT molecular complexity index is 336. The number of nitrogens with two attached hydrogens (primary N) is 1. The van der Waals surface area contributed by atoms with Gasteiger partial charge in [0.15, 0.2) is 0 Å². The van der Waals surface area contributed by atoms with E-state index in [-0.39, 0.29) is 6.04 Å². The third kappa shape index (κ3) is 1.69. The average Bonchev–Trinajstić information content (AvgIpc) is 2.02. The summed E-state index contributed by atoms with van der Waals surface area (Å²) in [6, 6.07) is 3.84. The quantitative estimate of drug-likeness (QED) is 0.707. The van der Waals surface area contributed by atoms with Crippen LogP contribution >= 0.6 is 23.2 Å².